The molecule has 1 atom stereocenters. The minimum absolute atomic E-state index is 0.322. The van der Waals surface area contributed by atoms with Gasteiger partial charge in [-0.2, -0.15) is 0 Å². The summed E-state index contributed by atoms with van der Waals surface area (Å²) in [5, 5.41) is 3.29. The Morgan fingerprint density at radius 3 is 1.17 bits per heavy atom. The maximum atomic E-state index is 11.0. The number of unbranched alkanes of at least 4 members (excludes halogenated alkanes) is 12. The molecule has 0 bridgehead atoms. The Labute approximate surface area is 309 Å². The minimum atomic E-state index is -2.47. The van der Waals surface area contributed by atoms with E-state index in [1.165, 1.54) is 108 Å². The van der Waals surface area contributed by atoms with E-state index in [9.17, 15) is 4.79 Å². The average Bonchev–Trinajstić information content (AvgIpc) is 3.00. The monoisotopic (exact) mass is 786 g/mol. The van der Waals surface area contributed by atoms with Crippen molar-refractivity contribution < 1.29 is 17.1 Å². The van der Waals surface area contributed by atoms with Crippen molar-refractivity contribution in [1.29, 1.82) is 0 Å². The summed E-state index contributed by atoms with van der Waals surface area (Å²) in [7, 11) is -9.18. The molecule has 0 heterocycles. The Kier molecular flexibility index (Phi) is 24.7. The average molecular weight is 788 g/mol. The topological polar surface area (TPSA) is 44.8 Å². The Hall–Kier alpha value is 0.501. The van der Waals surface area contributed by atoms with Crippen LogP contribution < -0.4 is 10.4 Å². The van der Waals surface area contributed by atoms with Gasteiger partial charge in [0.2, 0.25) is 0 Å². The van der Waals surface area contributed by atoms with Crippen molar-refractivity contribution >= 4 is 76.4 Å². The molecule has 1 rings (SSSR count). The second-order valence-electron chi connectivity index (χ2n) is 16.5. The van der Waals surface area contributed by atoms with Gasteiger partial charge in [-0.1, -0.05) is 157 Å². The molecule has 0 aromatic heterocycles. The third-order valence-electron chi connectivity index (χ3n) is 9.78. The second kappa shape index (κ2) is 25.5. The molecule has 0 amide bonds. The number of carbonyl (C=O) groups excluding carboxylic acids is 1. The maximum Gasteiger partial charge on any atom is 0.468 e. The summed E-state index contributed by atoms with van der Waals surface area (Å²) in [5.41, 5.74) is 0. The van der Waals surface area contributed by atoms with Crippen molar-refractivity contribution in [3.8, 4) is 0 Å². The van der Waals surface area contributed by atoms with Gasteiger partial charge in [0.1, 0.15) is 6.03 Å². The number of carbonyl (C=O) groups is 1. The van der Waals surface area contributed by atoms with Gasteiger partial charge >= 0.3 is 8.80 Å². The van der Waals surface area contributed by atoms with Gasteiger partial charge in [-0.05, 0) is 72.4 Å². The molecule has 0 aliphatic heterocycles. The minimum Gasteiger partial charge on any atom is -0.420 e. The summed E-state index contributed by atoms with van der Waals surface area (Å²) in [6.07, 6.45) is 20.9. The second-order valence-corrected chi connectivity index (χ2v) is 39.6. The van der Waals surface area contributed by atoms with Gasteiger partial charge < -0.3 is 12.3 Å². The van der Waals surface area contributed by atoms with E-state index < -0.39 is 52.1 Å². The fourth-order valence-corrected chi connectivity index (χ4v) is 25.9. The van der Waals surface area contributed by atoms with Crippen LogP contribution in [0.15, 0.2) is 24.3 Å². The fraction of sp³-hybridized carbons (Fsp3) is 0.811. The molecule has 11 heteroatoms. The van der Waals surface area contributed by atoms with Gasteiger partial charge in [-0.25, -0.2) is 0 Å². The van der Waals surface area contributed by atoms with E-state index in [1.54, 1.807) is 10.4 Å². The highest BCUT2D eigenvalue weighted by atomic mass is 31.1. The molecule has 0 radical (unpaired) electrons. The lowest BCUT2D eigenvalue weighted by Crippen LogP contribution is -2.53. The SMILES string of the molecule is CCP(C=O)CCCCCCCCCC[Si](C)(C)c1ccc([Si](C)(C)CCCCCCCC[Si](O[SiH](C)C)(O[SiH](C)C)O[SiH](C)C)cc1. The quantitative estimate of drug-likeness (QED) is 0.0337. The number of benzene rings is 1. The van der Waals surface area contributed by atoms with Crippen LogP contribution in [-0.4, -0.2) is 70.4 Å². The molecule has 48 heavy (non-hydrogen) atoms. The fourth-order valence-electron chi connectivity index (χ4n) is 6.84. The van der Waals surface area contributed by atoms with E-state index >= 15 is 0 Å². The molecule has 4 nitrogen and oxygen atoms in total. The van der Waals surface area contributed by atoms with Crippen molar-refractivity contribution in [3.63, 3.8) is 0 Å². The van der Waals surface area contributed by atoms with Crippen LogP contribution in [0.5, 0.6) is 0 Å². The smallest absolute Gasteiger partial charge is 0.420 e. The molecule has 1 unspecified atom stereocenters. The number of hydrogen-bond donors (Lipinski definition) is 0. The van der Waals surface area contributed by atoms with E-state index in [4.69, 9.17) is 12.3 Å². The summed E-state index contributed by atoms with van der Waals surface area (Å²) in [5.74, 6) is 0. The molecule has 0 saturated heterocycles. The van der Waals surface area contributed by atoms with Crippen molar-refractivity contribution in [2.75, 3.05) is 12.3 Å². The van der Waals surface area contributed by atoms with E-state index in [0.717, 1.165) is 18.4 Å². The standard InChI is InChI=1S/C37H79O4PSi6/c1-12-42(35-38)31-23-19-15-13-14-16-20-24-32-46(8,9)36-27-29-37(30-28-36)47(10,11)33-25-21-17-18-22-26-34-48(39-43(2)3,40-44(4)5)41-45(6)7/h27-30,35,43-45H,12-26,31-34H2,1-11H3. The van der Waals surface area contributed by atoms with Gasteiger partial charge in [0.15, 0.2) is 27.1 Å². The van der Waals surface area contributed by atoms with E-state index in [2.05, 4.69) is 96.7 Å². The summed E-state index contributed by atoms with van der Waals surface area (Å²) in [6, 6.07) is 15.1. The number of rotatable bonds is 30. The van der Waals surface area contributed by atoms with Gasteiger partial charge in [0, 0.05) is 6.04 Å². The Morgan fingerprint density at radius 1 is 0.542 bits per heavy atom. The molecule has 0 N–H and O–H groups in total. The molecular weight excluding hydrogens is 708 g/mol. The molecule has 1 aromatic rings. The van der Waals surface area contributed by atoms with E-state index in [-0.39, 0.29) is 7.92 Å². The summed E-state index contributed by atoms with van der Waals surface area (Å²) in [6.45, 7) is 26.0. The third-order valence-corrected chi connectivity index (χ3v) is 29.7. The van der Waals surface area contributed by atoms with Gasteiger partial charge in [-0.15, -0.1) is 0 Å². The number of hydrogen-bond acceptors (Lipinski definition) is 4. The predicted molar refractivity (Wildman–Crippen MR) is 234 cm³/mol. The first-order chi connectivity index (χ1) is 22.7. The first-order valence-corrected chi connectivity index (χ1v) is 38.5. The molecule has 0 spiro atoms. The third kappa shape index (κ3) is 20.5. The van der Waals surface area contributed by atoms with Crippen LogP contribution in [0.3, 0.4) is 0 Å². The first kappa shape index (κ1) is 46.5. The molecule has 280 valence electrons. The first-order valence-electron chi connectivity index (χ1n) is 20.0. The maximum absolute atomic E-state index is 11.0. The Balaban J connectivity index is 2.35. The van der Waals surface area contributed by atoms with Crippen LogP contribution in [0, 0.1) is 0 Å². The van der Waals surface area contributed by atoms with Crippen LogP contribution in [0.4, 0.5) is 0 Å². The van der Waals surface area contributed by atoms with Crippen LogP contribution in [0.1, 0.15) is 96.8 Å². The van der Waals surface area contributed by atoms with Gasteiger partial charge in [-0.3, -0.25) is 4.79 Å². The highest BCUT2D eigenvalue weighted by Gasteiger charge is 2.42. The lowest BCUT2D eigenvalue weighted by atomic mass is 10.1. The highest BCUT2D eigenvalue weighted by molar-refractivity contribution is 7.72. The largest absolute Gasteiger partial charge is 0.468 e. The van der Waals surface area contributed by atoms with Crippen molar-refractivity contribution in [3.05, 3.63) is 24.3 Å². The van der Waals surface area contributed by atoms with Crippen molar-refractivity contribution in [2.24, 2.45) is 0 Å². The summed E-state index contributed by atoms with van der Waals surface area (Å²) < 4.78 is 19.7. The van der Waals surface area contributed by atoms with E-state index in [1.807, 2.05) is 0 Å². The molecule has 0 fully saturated rings. The predicted octanol–water partition coefficient (Wildman–Crippen LogP) is 10.6. The molecule has 0 aliphatic carbocycles. The zero-order chi connectivity index (χ0) is 36.1. The zero-order valence-electron chi connectivity index (χ0n) is 33.6. The molecule has 0 aliphatic rings. The van der Waals surface area contributed by atoms with Crippen molar-refractivity contribution in [1.82, 2.24) is 0 Å². The van der Waals surface area contributed by atoms with Crippen LogP contribution in [-0.2, 0) is 17.1 Å². The molecule has 1 aromatic carbocycles. The van der Waals surface area contributed by atoms with Gasteiger partial charge in [0.05, 0.1) is 16.1 Å². The van der Waals surface area contributed by atoms with Crippen LogP contribution in [0.25, 0.3) is 0 Å². The summed E-state index contributed by atoms with van der Waals surface area (Å²) in [4.78, 5) is 11.0. The highest BCUT2D eigenvalue weighted by Crippen LogP contribution is 2.32. The lowest BCUT2D eigenvalue weighted by molar-refractivity contribution is 0.266. The van der Waals surface area contributed by atoms with Crippen LogP contribution >= 0.6 is 7.92 Å². The molecule has 0 saturated carbocycles. The normalized spacial score (nSPS) is 13.6. The summed E-state index contributed by atoms with van der Waals surface area (Å²) >= 11 is 0. The van der Waals surface area contributed by atoms with Crippen molar-refractivity contribution in [2.45, 2.75) is 180 Å². The zero-order valence-corrected chi connectivity index (χ0v) is 41.0. The van der Waals surface area contributed by atoms with Gasteiger partial charge in [0.25, 0.3) is 0 Å². The van der Waals surface area contributed by atoms with Crippen LogP contribution in [0.2, 0.25) is 83.6 Å². The Bertz CT molecular complexity index is 935. The Morgan fingerprint density at radius 2 is 0.854 bits per heavy atom. The molecular formula is C37H79O4PSi6. The van der Waals surface area contributed by atoms with E-state index in [0.29, 0.717) is 0 Å². The lowest BCUT2D eigenvalue weighted by Gasteiger charge is -2.35.